The zero-order chi connectivity index (χ0) is 23.8. The Morgan fingerprint density at radius 2 is 1.52 bits per heavy atom. The van der Waals surface area contributed by atoms with Crippen LogP contribution in [0.5, 0.6) is 0 Å². The molecular weight excluding hydrogens is 448 g/mol. The standard InChI is InChI=1S/C21H20N6O5S/c22-18(30)16-17(33-27-19(16)26-20(31)23-11-10-15(28)29)12-6-8-14(9-7-12)25-21(32)24-13-4-2-1-3-5-13/h1-9H,10-11H2,(H2,22,30)(H,28,29)(H2,24,25,32)(H2,23,26,27,31). The van der Waals surface area contributed by atoms with Gasteiger partial charge in [-0.25, -0.2) is 9.59 Å². The number of nitrogens with zero attached hydrogens (tertiary/aromatic N) is 1. The second kappa shape index (κ2) is 10.7. The molecule has 3 rings (SSSR count). The lowest BCUT2D eigenvalue weighted by molar-refractivity contribution is -0.136. The molecule has 33 heavy (non-hydrogen) atoms. The molecule has 0 atom stereocenters. The quantitative estimate of drug-likeness (QED) is 0.296. The maximum Gasteiger partial charge on any atom is 0.323 e. The predicted molar refractivity (Wildman–Crippen MR) is 124 cm³/mol. The summed E-state index contributed by atoms with van der Waals surface area (Å²) >= 11 is 0.963. The molecule has 0 radical (unpaired) electrons. The summed E-state index contributed by atoms with van der Waals surface area (Å²) < 4.78 is 4.09. The van der Waals surface area contributed by atoms with Crippen LogP contribution >= 0.6 is 11.5 Å². The molecule has 2 aromatic carbocycles. The third-order valence-electron chi connectivity index (χ3n) is 4.23. The van der Waals surface area contributed by atoms with Gasteiger partial charge in [0, 0.05) is 17.9 Å². The number of hydrogen-bond acceptors (Lipinski definition) is 6. The first kappa shape index (κ1) is 23.2. The molecule has 0 aliphatic rings. The van der Waals surface area contributed by atoms with E-state index in [0.717, 1.165) is 11.5 Å². The number of amides is 5. The molecule has 11 nitrogen and oxygen atoms in total. The van der Waals surface area contributed by atoms with Crippen LogP contribution in [-0.2, 0) is 4.79 Å². The summed E-state index contributed by atoms with van der Waals surface area (Å²) in [4.78, 5) is 47.1. The number of benzene rings is 2. The number of para-hydroxylation sites is 1. The summed E-state index contributed by atoms with van der Waals surface area (Å²) in [5, 5.41) is 18.8. The largest absolute Gasteiger partial charge is 0.481 e. The maximum atomic E-state index is 12.1. The van der Waals surface area contributed by atoms with E-state index in [1.165, 1.54) is 0 Å². The number of primary amides is 1. The molecule has 0 bridgehead atoms. The lowest BCUT2D eigenvalue weighted by atomic mass is 10.1. The minimum absolute atomic E-state index is 0.0240. The van der Waals surface area contributed by atoms with Crippen LogP contribution in [-0.4, -0.2) is 40.0 Å². The topological polar surface area (TPSA) is 176 Å². The van der Waals surface area contributed by atoms with Crippen molar-refractivity contribution in [3.8, 4) is 10.4 Å². The van der Waals surface area contributed by atoms with E-state index < -0.39 is 23.9 Å². The molecule has 0 saturated carbocycles. The van der Waals surface area contributed by atoms with Crippen molar-refractivity contribution in [3.63, 3.8) is 0 Å². The van der Waals surface area contributed by atoms with Crippen molar-refractivity contribution in [2.24, 2.45) is 5.73 Å². The smallest absolute Gasteiger partial charge is 0.323 e. The van der Waals surface area contributed by atoms with E-state index in [9.17, 15) is 19.2 Å². The number of hydrogen-bond donors (Lipinski definition) is 6. The van der Waals surface area contributed by atoms with Crippen LogP contribution in [0.25, 0.3) is 10.4 Å². The molecule has 1 heterocycles. The molecule has 0 aliphatic heterocycles. The second-order valence-electron chi connectivity index (χ2n) is 6.65. The minimum Gasteiger partial charge on any atom is -0.481 e. The van der Waals surface area contributed by atoms with E-state index in [1.807, 2.05) is 6.07 Å². The Morgan fingerprint density at radius 3 is 2.12 bits per heavy atom. The van der Waals surface area contributed by atoms with Gasteiger partial charge in [-0.05, 0) is 41.4 Å². The first-order valence-electron chi connectivity index (χ1n) is 9.63. The number of nitrogens with one attached hydrogen (secondary N) is 4. The molecule has 0 saturated heterocycles. The second-order valence-corrected chi connectivity index (χ2v) is 7.42. The molecule has 1 aromatic heterocycles. The number of urea groups is 2. The van der Waals surface area contributed by atoms with Gasteiger partial charge in [0.15, 0.2) is 5.82 Å². The van der Waals surface area contributed by atoms with Gasteiger partial charge in [-0.3, -0.25) is 14.9 Å². The number of aliphatic carboxylic acids is 1. The Balaban J connectivity index is 1.68. The van der Waals surface area contributed by atoms with Crippen molar-refractivity contribution in [2.75, 3.05) is 22.5 Å². The van der Waals surface area contributed by atoms with Gasteiger partial charge in [-0.2, -0.15) is 4.37 Å². The number of nitrogens with two attached hydrogens (primary N) is 1. The molecular formula is C21H20N6O5S. The third kappa shape index (κ3) is 6.51. The molecule has 3 aromatic rings. The number of carbonyl (C=O) groups excluding carboxylic acids is 3. The highest BCUT2D eigenvalue weighted by Gasteiger charge is 2.21. The van der Waals surface area contributed by atoms with Crippen LogP contribution in [0.15, 0.2) is 54.6 Å². The number of carbonyl (C=O) groups is 4. The van der Waals surface area contributed by atoms with Crippen molar-refractivity contribution in [1.29, 1.82) is 0 Å². The fourth-order valence-corrected chi connectivity index (χ4v) is 3.61. The fourth-order valence-electron chi connectivity index (χ4n) is 2.76. The van der Waals surface area contributed by atoms with Gasteiger partial charge in [0.05, 0.1) is 11.3 Å². The normalized spacial score (nSPS) is 10.2. The Kier molecular flexibility index (Phi) is 7.55. The van der Waals surface area contributed by atoms with Crippen LogP contribution in [0.4, 0.5) is 26.8 Å². The first-order chi connectivity index (χ1) is 15.8. The summed E-state index contributed by atoms with van der Waals surface area (Å²) in [5.41, 5.74) is 7.29. The van der Waals surface area contributed by atoms with Crippen molar-refractivity contribution < 1.29 is 24.3 Å². The number of carboxylic acid groups (broad SMARTS) is 1. The van der Waals surface area contributed by atoms with E-state index >= 15 is 0 Å². The van der Waals surface area contributed by atoms with Gasteiger partial charge in [0.2, 0.25) is 0 Å². The lowest BCUT2D eigenvalue weighted by Gasteiger charge is -2.09. The van der Waals surface area contributed by atoms with Gasteiger partial charge in [0.25, 0.3) is 5.91 Å². The summed E-state index contributed by atoms with van der Waals surface area (Å²) in [6.45, 7) is -0.0869. The van der Waals surface area contributed by atoms with Crippen LogP contribution in [0.2, 0.25) is 0 Å². The third-order valence-corrected chi connectivity index (χ3v) is 5.13. The summed E-state index contributed by atoms with van der Waals surface area (Å²) in [7, 11) is 0. The summed E-state index contributed by atoms with van der Waals surface area (Å²) in [6.07, 6.45) is -0.248. The van der Waals surface area contributed by atoms with Crippen molar-refractivity contribution in [3.05, 3.63) is 60.2 Å². The molecule has 0 aliphatic carbocycles. The van der Waals surface area contributed by atoms with Crippen LogP contribution in [0.3, 0.4) is 0 Å². The number of aromatic nitrogens is 1. The average molecular weight is 468 g/mol. The zero-order valence-electron chi connectivity index (χ0n) is 17.1. The van der Waals surface area contributed by atoms with Crippen LogP contribution in [0, 0.1) is 0 Å². The van der Waals surface area contributed by atoms with E-state index in [4.69, 9.17) is 10.8 Å². The molecule has 0 fully saturated rings. The number of anilines is 3. The summed E-state index contributed by atoms with van der Waals surface area (Å²) in [5.74, 6) is -1.87. The van der Waals surface area contributed by atoms with E-state index in [1.54, 1.807) is 48.5 Å². The lowest BCUT2D eigenvalue weighted by Crippen LogP contribution is -2.31. The van der Waals surface area contributed by atoms with Gasteiger partial charge in [0.1, 0.15) is 5.56 Å². The van der Waals surface area contributed by atoms with E-state index in [0.29, 0.717) is 21.8 Å². The molecule has 7 N–H and O–H groups in total. The maximum absolute atomic E-state index is 12.1. The predicted octanol–water partition coefficient (Wildman–Crippen LogP) is 3.15. The van der Waals surface area contributed by atoms with Crippen LogP contribution in [0.1, 0.15) is 16.8 Å². The highest BCUT2D eigenvalue weighted by molar-refractivity contribution is 7.10. The highest BCUT2D eigenvalue weighted by Crippen LogP contribution is 2.33. The van der Waals surface area contributed by atoms with E-state index in [-0.39, 0.29) is 24.3 Å². The Labute approximate surface area is 192 Å². The summed E-state index contributed by atoms with van der Waals surface area (Å²) in [6, 6.07) is 14.5. The van der Waals surface area contributed by atoms with Gasteiger partial charge >= 0.3 is 18.0 Å². The average Bonchev–Trinajstić information content (AvgIpc) is 3.18. The number of rotatable bonds is 8. The molecule has 5 amide bonds. The number of carboxylic acids is 1. The SMILES string of the molecule is NC(=O)c1c(NC(=O)NCCC(=O)O)nsc1-c1ccc(NC(=O)Nc2ccccc2)cc1. The molecule has 12 heteroatoms. The first-order valence-corrected chi connectivity index (χ1v) is 10.4. The molecule has 0 spiro atoms. The monoisotopic (exact) mass is 468 g/mol. The van der Waals surface area contributed by atoms with Gasteiger partial charge in [-0.1, -0.05) is 30.3 Å². The molecule has 0 unspecified atom stereocenters. The fraction of sp³-hybridized carbons (Fsp3) is 0.0952. The Morgan fingerprint density at radius 1 is 0.879 bits per heavy atom. The zero-order valence-corrected chi connectivity index (χ0v) is 17.9. The highest BCUT2D eigenvalue weighted by atomic mass is 32.1. The Hall–Kier alpha value is -4.45. The minimum atomic E-state index is -1.06. The van der Waals surface area contributed by atoms with Gasteiger partial charge < -0.3 is 26.8 Å². The van der Waals surface area contributed by atoms with Crippen molar-refractivity contribution in [2.45, 2.75) is 6.42 Å². The van der Waals surface area contributed by atoms with Gasteiger partial charge in [-0.15, -0.1) is 0 Å². The Bertz CT molecular complexity index is 1160. The van der Waals surface area contributed by atoms with Crippen LogP contribution < -0.4 is 27.0 Å². The van der Waals surface area contributed by atoms with Crippen molar-refractivity contribution >= 4 is 52.7 Å². The molecule has 170 valence electrons. The van der Waals surface area contributed by atoms with E-state index in [2.05, 4.69) is 25.6 Å². The van der Waals surface area contributed by atoms with Crippen molar-refractivity contribution in [1.82, 2.24) is 9.69 Å².